The Bertz CT molecular complexity index is 1500. The van der Waals surface area contributed by atoms with E-state index in [1.807, 2.05) is 6.07 Å². The SMILES string of the molecule is Nc1nonc1-n1nnc(CN2CCCCC2)c1C(=O)N/N=C/c1ccc(Br)cc1OC(=O)c1ccccc1. The first-order valence-corrected chi connectivity index (χ1v) is 12.9. The van der Waals surface area contributed by atoms with Gasteiger partial charge in [0.2, 0.25) is 11.6 Å². The third-order valence-electron chi connectivity index (χ3n) is 6.03. The van der Waals surface area contributed by atoms with Crippen LogP contribution in [0.2, 0.25) is 0 Å². The third kappa shape index (κ3) is 6.18. The van der Waals surface area contributed by atoms with Gasteiger partial charge in [-0.05, 0) is 66.6 Å². The van der Waals surface area contributed by atoms with Gasteiger partial charge in [-0.1, -0.05) is 45.8 Å². The Morgan fingerprint density at radius 2 is 1.92 bits per heavy atom. The van der Waals surface area contributed by atoms with Gasteiger partial charge >= 0.3 is 5.97 Å². The van der Waals surface area contributed by atoms with Crippen LogP contribution in [0.3, 0.4) is 0 Å². The maximum absolute atomic E-state index is 13.3. The van der Waals surface area contributed by atoms with Crippen LogP contribution < -0.4 is 15.9 Å². The van der Waals surface area contributed by atoms with Gasteiger partial charge in [-0.15, -0.1) is 5.10 Å². The minimum Gasteiger partial charge on any atom is -0.422 e. The predicted molar refractivity (Wildman–Crippen MR) is 143 cm³/mol. The quantitative estimate of drug-likeness (QED) is 0.134. The molecule has 1 fully saturated rings. The van der Waals surface area contributed by atoms with Crippen LogP contribution in [0.4, 0.5) is 5.82 Å². The molecule has 1 saturated heterocycles. The first-order valence-electron chi connectivity index (χ1n) is 12.1. The van der Waals surface area contributed by atoms with Crippen molar-refractivity contribution >= 4 is 39.8 Å². The molecular formula is C25H24BrN9O4. The summed E-state index contributed by atoms with van der Waals surface area (Å²) in [6.45, 7) is 2.21. The van der Waals surface area contributed by atoms with Gasteiger partial charge in [0.15, 0.2) is 5.69 Å². The maximum Gasteiger partial charge on any atom is 0.343 e. The predicted octanol–water partition coefficient (Wildman–Crippen LogP) is 2.96. The Kier molecular flexibility index (Phi) is 8.03. The van der Waals surface area contributed by atoms with Crippen molar-refractivity contribution in [1.29, 1.82) is 0 Å². The lowest BCUT2D eigenvalue weighted by Gasteiger charge is -2.25. The highest BCUT2D eigenvalue weighted by molar-refractivity contribution is 9.10. The summed E-state index contributed by atoms with van der Waals surface area (Å²) in [5.74, 6) is -0.851. The van der Waals surface area contributed by atoms with Crippen molar-refractivity contribution in [2.24, 2.45) is 5.10 Å². The molecule has 13 nitrogen and oxygen atoms in total. The van der Waals surface area contributed by atoms with Crippen molar-refractivity contribution in [3.8, 4) is 11.6 Å². The van der Waals surface area contributed by atoms with E-state index in [2.05, 4.69) is 56.6 Å². The first kappa shape index (κ1) is 26.2. The zero-order valence-corrected chi connectivity index (χ0v) is 22.2. The molecule has 0 saturated carbocycles. The Hall–Kier alpha value is -4.43. The molecule has 200 valence electrons. The highest BCUT2D eigenvalue weighted by atomic mass is 79.9. The molecule has 0 atom stereocenters. The molecular weight excluding hydrogens is 570 g/mol. The van der Waals surface area contributed by atoms with Crippen LogP contribution >= 0.6 is 15.9 Å². The van der Waals surface area contributed by atoms with Gasteiger partial charge in [-0.25, -0.2) is 14.8 Å². The number of nitrogens with two attached hydrogens (primary N) is 1. The van der Waals surface area contributed by atoms with E-state index in [1.54, 1.807) is 42.5 Å². The number of nitrogen functional groups attached to an aromatic ring is 1. The number of hydrogen-bond acceptors (Lipinski definition) is 11. The van der Waals surface area contributed by atoms with Gasteiger partial charge in [-0.2, -0.15) is 9.78 Å². The second-order valence-electron chi connectivity index (χ2n) is 8.74. The number of amides is 1. The molecule has 3 heterocycles. The number of ether oxygens (including phenoxy) is 1. The molecule has 0 radical (unpaired) electrons. The number of carbonyl (C=O) groups is 2. The summed E-state index contributed by atoms with van der Waals surface area (Å²) in [5, 5.41) is 19.7. The average Bonchev–Trinajstić information content (AvgIpc) is 3.56. The molecule has 5 rings (SSSR count). The molecule has 4 aromatic rings. The highest BCUT2D eigenvalue weighted by Gasteiger charge is 2.26. The monoisotopic (exact) mass is 593 g/mol. The molecule has 14 heteroatoms. The molecule has 0 aliphatic carbocycles. The molecule has 0 bridgehead atoms. The third-order valence-corrected chi connectivity index (χ3v) is 6.52. The fraction of sp³-hybridized carbons (Fsp3) is 0.240. The smallest absolute Gasteiger partial charge is 0.343 e. The number of benzene rings is 2. The summed E-state index contributed by atoms with van der Waals surface area (Å²) in [6, 6.07) is 13.7. The lowest BCUT2D eigenvalue weighted by molar-refractivity contribution is 0.0734. The van der Waals surface area contributed by atoms with E-state index >= 15 is 0 Å². The summed E-state index contributed by atoms with van der Waals surface area (Å²) in [6.07, 6.45) is 4.70. The number of esters is 1. The zero-order chi connectivity index (χ0) is 27.2. The van der Waals surface area contributed by atoms with Gasteiger partial charge < -0.3 is 10.5 Å². The normalized spacial score (nSPS) is 14.0. The van der Waals surface area contributed by atoms with Crippen LogP contribution in [0, 0.1) is 0 Å². The van der Waals surface area contributed by atoms with Crippen LogP contribution in [0.5, 0.6) is 5.75 Å². The second-order valence-corrected chi connectivity index (χ2v) is 9.66. The molecule has 0 unspecified atom stereocenters. The Morgan fingerprint density at radius 1 is 1.13 bits per heavy atom. The van der Waals surface area contributed by atoms with Crippen molar-refractivity contribution in [2.45, 2.75) is 25.8 Å². The van der Waals surface area contributed by atoms with E-state index in [1.165, 1.54) is 17.3 Å². The molecule has 2 aromatic heterocycles. The molecule has 1 aliphatic heterocycles. The molecule has 39 heavy (non-hydrogen) atoms. The van der Waals surface area contributed by atoms with Crippen LogP contribution in [0.15, 0.2) is 62.7 Å². The van der Waals surface area contributed by atoms with E-state index in [9.17, 15) is 9.59 Å². The topological polar surface area (TPSA) is 167 Å². The summed E-state index contributed by atoms with van der Waals surface area (Å²) in [4.78, 5) is 28.1. The fourth-order valence-electron chi connectivity index (χ4n) is 4.11. The van der Waals surface area contributed by atoms with Crippen molar-refractivity contribution in [3.05, 3.63) is 75.5 Å². The Morgan fingerprint density at radius 3 is 2.67 bits per heavy atom. The Labute approximate surface area is 231 Å². The van der Waals surface area contributed by atoms with Gasteiger partial charge in [0.1, 0.15) is 11.4 Å². The minimum absolute atomic E-state index is 0.0401. The number of hydrogen-bond donors (Lipinski definition) is 2. The van der Waals surface area contributed by atoms with E-state index < -0.39 is 11.9 Å². The van der Waals surface area contributed by atoms with Crippen LogP contribution in [-0.4, -0.2) is 61.4 Å². The number of likely N-dealkylation sites (tertiary alicyclic amines) is 1. The summed E-state index contributed by atoms with van der Waals surface area (Å²) >= 11 is 3.39. The van der Waals surface area contributed by atoms with E-state index in [4.69, 9.17) is 10.5 Å². The molecule has 3 N–H and O–H groups in total. The summed E-state index contributed by atoms with van der Waals surface area (Å²) in [7, 11) is 0. The minimum atomic E-state index is -0.592. The van der Waals surface area contributed by atoms with Crippen molar-refractivity contribution in [1.82, 2.24) is 35.6 Å². The number of carbonyl (C=O) groups excluding carboxylic acids is 2. The van der Waals surface area contributed by atoms with Crippen molar-refractivity contribution in [3.63, 3.8) is 0 Å². The number of nitrogens with zero attached hydrogens (tertiary/aromatic N) is 7. The van der Waals surface area contributed by atoms with Crippen molar-refractivity contribution in [2.75, 3.05) is 18.8 Å². The van der Waals surface area contributed by atoms with Gasteiger partial charge in [0.05, 0.1) is 11.8 Å². The first-order chi connectivity index (χ1) is 19.0. The van der Waals surface area contributed by atoms with Gasteiger partial charge in [-0.3, -0.25) is 9.69 Å². The standard InChI is InChI=1S/C25H24BrN9O4/c26-18-10-9-17(20(13-18)38-25(37)16-7-3-1-4-8-16)14-28-30-24(36)21-19(15-34-11-5-2-6-12-34)29-33-35(21)23-22(27)31-39-32-23/h1,3-4,7-10,13-14H,2,5-6,11-12,15H2,(H2,27,31)(H,30,36)/b28-14+. The van der Waals surface area contributed by atoms with E-state index in [0.717, 1.165) is 25.9 Å². The molecule has 1 aliphatic rings. The number of nitrogens with one attached hydrogen (secondary N) is 1. The number of piperidine rings is 1. The van der Waals surface area contributed by atoms with Gasteiger partial charge in [0.25, 0.3) is 5.91 Å². The number of anilines is 1. The highest BCUT2D eigenvalue weighted by Crippen LogP contribution is 2.24. The largest absolute Gasteiger partial charge is 0.422 e. The maximum atomic E-state index is 13.3. The molecule has 2 aromatic carbocycles. The number of rotatable bonds is 8. The van der Waals surface area contributed by atoms with Crippen LogP contribution in [-0.2, 0) is 6.54 Å². The summed E-state index contributed by atoms with van der Waals surface area (Å²) < 4.78 is 12.2. The van der Waals surface area contributed by atoms with Gasteiger partial charge in [0, 0.05) is 16.6 Å². The van der Waals surface area contributed by atoms with E-state index in [0.29, 0.717) is 27.8 Å². The fourth-order valence-corrected chi connectivity index (χ4v) is 4.45. The lowest BCUT2D eigenvalue weighted by Crippen LogP contribution is -2.31. The Balaban J connectivity index is 1.37. The second kappa shape index (κ2) is 12.0. The van der Waals surface area contributed by atoms with Crippen LogP contribution in [0.25, 0.3) is 5.82 Å². The van der Waals surface area contributed by atoms with E-state index in [-0.39, 0.29) is 23.1 Å². The van der Waals surface area contributed by atoms with Crippen LogP contribution in [0.1, 0.15) is 51.4 Å². The van der Waals surface area contributed by atoms with Crippen molar-refractivity contribution < 1.29 is 19.0 Å². The lowest BCUT2D eigenvalue weighted by atomic mass is 10.1. The average molecular weight is 594 g/mol. The summed E-state index contributed by atoms with van der Waals surface area (Å²) in [5.41, 5.74) is 9.76. The number of aromatic nitrogens is 5. The molecule has 1 amide bonds. The number of hydrazone groups is 1. The number of halogens is 1. The molecule has 0 spiro atoms. The zero-order valence-electron chi connectivity index (χ0n) is 20.7.